The number of aliphatic imine (C=N–C) groups is 2. The normalized spacial score (nSPS) is 17.0. The average Bonchev–Trinajstić information content (AvgIpc) is 3.12. The van der Waals surface area contributed by atoms with E-state index in [1.165, 1.54) is 0 Å². The Balaban J connectivity index is 2.75. The highest BCUT2D eigenvalue weighted by Gasteiger charge is 2.31. The molecule has 0 spiro atoms. The minimum absolute atomic E-state index is 0.0885. The van der Waals surface area contributed by atoms with Gasteiger partial charge in [-0.25, -0.2) is 4.79 Å². The van der Waals surface area contributed by atoms with Crippen molar-refractivity contribution in [1.82, 2.24) is 16.0 Å². The summed E-state index contributed by atoms with van der Waals surface area (Å²) in [6, 6.07) is -2.96. The van der Waals surface area contributed by atoms with Gasteiger partial charge in [-0.1, -0.05) is 0 Å². The van der Waals surface area contributed by atoms with Crippen molar-refractivity contribution >= 4 is 35.6 Å². The van der Waals surface area contributed by atoms with E-state index in [9.17, 15) is 24.3 Å². The van der Waals surface area contributed by atoms with Crippen LogP contribution < -0.4 is 38.9 Å². The molecule has 0 radical (unpaired) electrons. The highest BCUT2D eigenvalue weighted by atomic mass is 16.4. The van der Waals surface area contributed by atoms with Gasteiger partial charge in [-0.05, 0) is 32.1 Å². The number of carboxylic acid groups (broad SMARTS) is 1. The molecule has 0 aromatic rings. The fourth-order valence-corrected chi connectivity index (χ4v) is 2.89. The van der Waals surface area contributed by atoms with Crippen LogP contribution in [0.4, 0.5) is 0 Å². The first kappa shape index (κ1) is 25.5. The Morgan fingerprint density at radius 1 is 1.00 bits per heavy atom. The van der Waals surface area contributed by atoms with E-state index in [-0.39, 0.29) is 50.2 Å². The highest BCUT2D eigenvalue weighted by molar-refractivity contribution is 5.94. The number of hydrogen-bond donors (Lipinski definition) is 8. The molecule has 1 heterocycles. The maximum absolute atomic E-state index is 12.7. The summed E-state index contributed by atoms with van der Waals surface area (Å²) in [6.07, 6.45) is 1.47. The second-order valence-corrected chi connectivity index (χ2v) is 7.02. The molecule has 0 saturated carbocycles. The van der Waals surface area contributed by atoms with Crippen molar-refractivity contribution in [1.29, 1.82) is 0 Å². The van der Waals surface area contributed by atoms with Crippen LogP contribution in [0.25, 0.3) is 0 Å². The van der Waals surface area contributed by atoms with Crippen molar-refractivity contribution in [2.45, 2.75) is 56.7 Å². The van der Waals surface area contributed by atoms with Gasteiger partial charge in [0.15, 0.2) is 11.9 Å². The van der Waals surface area contributed by atoms with Crippen molar-refractivity contribution in [3.05, 3.63) is 0 Å². The van der Waals surface area contributed by atoms with E-state index in [0.717, 1.165) is 0 Å². The number of amides is 3. The number of nitrogens with one attached hydrogen (secondary N) is 3. The molecule has 1 fully saturated rings. The minimum atomic E-state index is -1.23. The quantitative estimate of drug-likeness (QED) is 0.0797. The first-order valence-electron chi connectivity index (χ1n) is 9.83. The Morgan fingerprint density at radius 2 is 1.55 bits per heavy atom. The molecule has 12 N–H and O–H groups in total. The van der Waals surface area contributed by atoms with Gasteiger partial charge in [0.1, 0.15) is 18.1 Å². The van der Waals surface area contributed by atoms with E-state index in [4.69, 9.17) is 22.9 Å². The molecule has 14 heteroatoms. The summed E-state index contributed by atoms with van der Waals surface area (Å²) in [5, 5.41) is 16.9. The molecule has 3 amide bonds. The zero-order valence-corrected chi connectivity index (χ0v) is 17.2. The number of rotatable bonds is 13. The fourth-order valence-electron chi connectivity index (χ4n) is 2.89. The Kier molecular flexibility index (Phi) is 10.6. The topological polar surface area (TPSA) is 253 Å². The minimum Gasteiger partial charge on any atom is -0.480 e. The molecule has 174 valence electrons. The first-order valence-corrected chi connectivity index (χ1v) is 9.83. The van der Waals surface area contributed by atoms with Crippen LogP contribution in [0.15, 0.2) is 9.98 Å². The standard InChI is InChI=1S/C17H31N9O5/c18-16(19)22-7-1-3-9(25-14(29)10-5-6-12(27)24-10)13(28)26-11(15(30)31)4-2-8-23-17(20)21/h9-11H,1-8H2,(H,24,27)(H,25,29)(H,26,28)(H,30,31)(H4,18,19,22)(H4,20,21,23). The zero-order valence-electron chi connectivity index (χ0n) is 17.2. The monoisotopic (exact) mass is 441 g/mol. The lowest BCUT2D eigenvalue weighted by molar-refractivity contribution is -0.142. The summed E-state index contributed by atoms with van der Waals surface area (Å²) in [5.74, 6) is -2.89. The number of carbonyl (C=O) groups excluding carboxylic acids is 3. The van der Waals surface area contributed by atoms with Crippen molar-refractivity contribution < 1.29 is 24.3 Å². The molecule has 14 nitrogen and oxygen atoms in total. The third-order valence-electron chi connectivity index (χ3n) is 4.45. The molecule has 1 saturated heterocycles. The number of carboxylic acids is 1. The molecule has 31 heavy (non-hydrogen) atoms. The van der Waals surface area contributed by atoms with Crippen LogP contribution in [-0.4, -0.2) is 71.9 Å². The second kappa shape index (κ2) is 12.9. The van der Waals surface area contributed by atoms with E-state index in [0.29, 0.717) is 19.3 Å². The van der Waals surface area contributed by atoms with Crippen molar-refractivity contribution in [3.63, 3.8) is 0 Å². The second-order valence-electron chi connectivity index (χ2n) is 7.02. The third-order valence-corrected chi connectivity index (χ3v) is 4.45. The van der Waals surface area contributed by atoms with E-state index in [2.05, 4.69) is 25.9 Å². The number of aliphatic carboxylic acids is 1. The number of guanidine groups is 2. The summed E-state index contributed by atoms with van der Waals surface area (Å²) in [4.78, 5) is 55.6. The molecular weight excluding hydrogens is 410 g/mol. The largest absolute Gasteiger partial charge is 0.480 e. The summed E-state index contributed by atoms with van der Waals surface area (Å²) in [6.45, 7) is 0.436. The Hall–Kier alpha value is -3.58. The van der Waals surface area contributed by atoms with Gasteiger partial charge >= 0.3 is 5.97 Å². The van der Waals surface area contributed by atoms with Crippen LogP contribution >= 0.6 is 0 Å². The molecule has 0 bridgehead atoms. The van der Waals surface area contributed by atoms with Crippen molar-refractivity contribution in [3.8, 4) is 0 Å². The first-order chi connectivity index (χ1) is 14.6. The maximum Gasteiger partial charge on any atom is 0.326 e. The number of nitrogens with zero attached hydrogens (tertiary/aromatic N) is 2. The van der Waals surface area contributed by atoms with Crippen LogP contribution in [0, 0.1) is 0 Å². The lowest BCUT2D eigenvalue weighted by atomic mass is 10.1. The molecule has 1 aliphatic rings. The summed E-state index contributed by atoms with van der Waals surface area (Å²) in [5.41, 5.74) is 21.0. The van der Waals surface area contributed by atoms with Gasteiger partial charge in [-0.3, -0.25) is 24.4 Å². The maximum atomic E-state index is 12.7. The zero-order chi connectivity index (χ0) is 23.4. The lowest BCUT2D eigenvalue weighted by Gasteiger charge is -2.22. The van der Waals surface area contributed by atoms with E-state index in [1.54, 1.807) is 0 Å². The Bertz CT molecular complexity index is 717. The van der Waals surface area contributed by atoms with Gasteiger partial charge in [0.2, 0.25) is 17.7 Å². The van der Waals surface area contributed by atoms with Gasteiger partial charge in [-0.2, -0.15) is 0 Å². The average molecular weight is 441 g/mol. The van der Waals surface area contributed by atoms with Crippen LogP contribution in [0.3, 0.4) is 0 Å². The Morgan fingerprint density at radius 3 is 2.00 bits per heavy atom. The SMILES string of the molecule is NC(N)=NCCCC(NC(=O)C(CCCN=C(N)N)NC(=O)C1CCC(=O)N1)C(=O)O. The predicted molar refractivity (Wildman–Crippen MR) is 112 cm³/mol. The molecule has 1 rings (SSSR count). The van der Waals surface area contributed by atoms with Gasteiger partial charge in [0, 0.05) is 19.5 Å². The molecule has 0 aliphatic carbocycles. The lowest BCUT2D eigenvalue weighted by Crippen LogP contribution is -2.54. The van der Waals surface area contributed by atoms with E-state index >= 15 is 0 Å². The van der Waals surface area contributed by atoms with E-state index in [1.807, 2.05) is 0 Å². The molecule has 1 aliphatic heterocycles. The number of nitrogens with two attached hydrogens (primary N) is 4. The van der Waals surface area contributed by atoms with Gasteiger partial charge in [0.25, 0.3) is 0 Å². The van der Waals surface area contributed by atoms with Gasteiger partial charge in [0.05, 0.1) is 0 Å². The summed E-state index contributed by atoms with van der Waals surface area (Å²) >= 11 is 0. The molecule has 0 aromatic carbocycles. The molecule has 3 unspecified atom stereocenters. The van der Waals surface area contributed by atoms with Crippen LogP contribution in [0.5, 0.6) is 0 Å². The van der Waals surface area contributed by atoms with E-state index < -0.39 is 35.9 Å². The van der Waals surface area contributed by atoms with Gasteiger partial charge < -0.3 is 44.0 Å². The number of carbonyl (C=O) groups is 4. The predicted octanol–water partition coefficient (Wildman–Crippen LogP) is -3.57. The van der Waals surface area contributed by atoms with Crippen LogP contribution in [0.1, 0.15) is 38.5 Å². The Labute approximate surface area is 179 Å². The molecule has 3 atom stereocenters. The summed E-state index contributed by atoms with van der Waals surface area (Å²) in [7, 11) is 0. The molecular formula is C17H31N9O5. The van der Waals surface area contributed by atoms with Crippen LogP contribution in [-0.2, 0) is 19.2 Å². The van der Waals surface area contributed by atoms with Gasteiger partial charge in [-0.15, -0.1) is 0 Å². The highest BCUT2D eigenvalue weighted by Crippen LogP contribution is 2.09. The fraction of sp³-hybridized carbons (Fsp3) is 0.647. The third kappa shape index (κ3) is 10.1. The van der Waals surface area contributed by atoms with Crippen molar-refractivity contribution in [2.24, 2.45) is 32.9 Å². The van der Waals surface area contributed by atoms with Crippen molar-refractivity contribution in [2.75, 3.05) is 13.1 Å². The van der Waals surface area contributed by atoms with Crippen LogP contribution in [0.2, 0.25) is 0 Å². The summed E-state index contributed by atoms with van der Waals surface area (Å²) < 4.78 is 0. The smallest absolute Gasteiger partial charge is 0.326 e. The molecule has 0 aromatic heterocycles. The number of hydrogen-bond acceptors (Lipinski definition) is 6.